The Hall–Kier alpha value is -10.6. The maximum atomic E-state index is 14.1. The van der Waals surface area contributed by atoms with Gasteiger partial charge in [0.2, 0.25) is 5.91 Å². The number of fused-ring (bicyclic) bond motifs is 2. The minimum Gasteiger partial charge on any atom is -0.478 e. The van der Waals surface area contributed by atoms with E-state index >= 15 is 0 Å². The summed E-state index contributed by atoms with van der Waals surface area (Å²) in [6.45, 7) is 5.29. The Balaban J connectivity index is 0.000000168. The molecule has 6 aromatic carbocycles. The zero-order valence-electron chi connectivity index (χ0n) is 49.2. The molecule has 87 heavy (non-hydrogen) atoms. The van der Waals surface area contributed by atoms with Crippen molar-refractivity contribution in [3.63, 3.8) is 0 Å². The lowest BCUT2D eigenvalue weighted by Crippen LogP contribution is -2.26. The number of likely N-dealkylation sites (N-methyl/N-ethyl adjacent to an activating group) is 3. The Morgan fingerprint density at radius 2 is 1.03 bits per heavy atom. The number of nitrogens with one attached hydrogen (secondary N) is 1. The second-order valence-corrected chi connectivity index (χ2v) is 21.2. The van der Waals surface area contributed by atoms with E-state index in [-0.39, 0.29) is 28.9 Å². The van der Waals surface area contributed by atoms with Crippen LogP contribution in [0.2, 0.25) is 0 Å². The molecule has 4 aromatic heterocycles. The molecule has 0 unspecified atom stereocenters. The highest BCUT2D eigenvalue weighted by Crippen LogP contribution is 2.32. The maximum absolute atomic E-state index is 14.1. The molecular weight excluding hydrogens is 1100 g/mol. The number of para-hydroxylation sites is 2. The molecule has 0 spiro atoms. The summed E-state index contributed by atoms with van der Waals surface area (Å²) in [5.41, 5.74) is 19.2. The lowest BCUT2D eigenvalue weighted by atomic mass is 10.2. The number of hydrogen-bond acceptors (Lipinski definition) is 15. The van der Waals surface area contributed by atoms with Crippen LogP contribution < -0.4 is 42.5 Å². The SMILES string of the molecule is CN(C/C=C/C(=O)O)C1CC1.CNc1cccc(-n2c(=O)n(-c3ccc(Oc4ccccc4)cc3C)c3c(N)ncnc32)c1.Cc1cc(Oc2ccccc2)ccc1-n1c(=O)n(-c2cccc(N(C)C(=O)/C=C/CN(C)C3CC3)c2)c2ncnc(N)c21. The second-order valence-electron chi connectivity index (χ2n) is 21.2. The van der Waals surface area contributed by atoms with Gasteiger partial charge in [-0.2, -0.15) is 0 Å². The largest absolute Gasteiger partial charge is 0.478 e. The molecule has 21 heteroatoms. The summed E-state index contributed by atoms with van der Waals surface area (Å²) in [5, 5.41) is 11.4. The monoisotopic (exact) mass is 1170 g/mol. The number of imidazole rings is 2. The average Bonchev–Trinajstić information content (AvgIpc) is 1.82. The van der Waals surface area contributed by atoms with Crippen molar-refractivity contribution in [2.24, 2.45) is 0 Å². The number of nitrogens with zero attached hydrogens (tertiary/aromatic N) is 11. The highest BCUT2D eigenvalue weighted by molar-refractivity contribution is 6.01. The van der Waals surface area contributed by atoms with Gasteiger partial charge < -0.3 is 36.3 Å². The van der Waals surface area contributed by atoms with Crippen LogP contribution in [0.4, 0.5) is 23.0 Å². The summed E-state index contributed by atoms with van der Waals surface area (Å²) in [5.74, 6) is 2.14. The minimum absolute atomic E-state index is 0.156. The number of amides is 1. The molecular formula is C66H68N14O7. The Morgan fingerprint density at radius 1 is 0.575 bits per heavy atom. The number of hydrogen-bond donors (Lipinski definition) is 4. The van der Waals surface area contributed by atoms with Crippen LogP contribution in [0.25, 0.3) is 45.1 Å². The summed E-state index contributed by atoms with van der Waals surface area (Å²) in [4.78, 5) is 74.0. The van der Waals surface area contributed by atoms with Gasteiger partial charge in [0.1, 0.15) is 46.7 Å². The normalized spacial score (nSPS) is 13.0. The Kier molecular flexibility index (Phi) is 18.1. The van der Waals surface area contributed by atoms with E-state index in [2.05, 4.69) is 42.1 Å². The summed E-state index contributed by atoms with van der Waals surface area (Å²) in [6, 6.07) is 46.2. The first-order chi connectivity index (χ1) is 42.1. The fourth-order valence-electron chi connectivity index (χ4n) is 9.99. The minimum atomic E-state index is -0.866. The molecule has 2 fully saturated rings. The van der Waals surface area contributed by atoms with Crippen molar-refractivity contribution in [3.05, 3.63) is 215 Å². The molecule has 12 rings (SSSR count). The molecule has 21 nitrogen and oxygen atoms in total. The van der Waals surface area contributed by atoms with Crippen LogP contribution in [0.1, 0.15) is 36.8 Å². The van der Waals surface area contributed by atoms with Gasteiger partial charge in [-0.15, -0.1) is 0 Å². The van der Waals surface area contributed by atoms with E-state index in [1.165, 1.54) is 53.5 Å². The fourth-order valence-corrected chi connectivity index (χ4v) is 9.99. The van der Waals surface area contributed by atoms with E-state index in [0.717, 1.165) is 35.7 Å². The summed E-state index contributed by atoms with van der Waals surface area (Å²) in [6.07, 6.45) is 14.0. The topological polar surface area (TPSA) is 252 Å². The number of carbonyl (C=O) groups excluding carboxylic acids is 1. The summed E-state index contributed by atoms with van der Waals surface area (Å²) >= 11 is 0. The number of ether oxygens (including phenoxy) is 2. The van der Waals surface area contributed by atoms with Crippen LogP contribution in [-0.4, -0.2) is 118 Å². The van der Waals surface area contributed by atoms with Gasteiger partial charge in [-0.1, -0.05) is 60.7 Å². The van der Waals surface area contributed by atoms with Crippen molar-refractivity contribution in [1.82, 2.24) is 48.0 Å². The first kappa shape index (κ1) is 59.5. The standard InChI is InChI=1S/C33H33N7O3.C25H22N6O2.C8H13NO2/c1-22-19-27(43-26-11-5-4-6-12-26)16-17-28(22)40-30-31(34)35-21-36-32(30)39(33(40)42)25-10-7-9-24(20-25)38(3)29(41)13-8-18-37(2)23-14-15-23;1-16-13-20(33-19-9-4-3-5-10-19)11-12-21(16)31-22-23(26)28-15-29-24(22)30(25(31)32)18-8-6-7-17(14-18)27-2;1-9(7-4-5-7)6-2-3-8(10)11/h4-13,16-17,19-21,23H,14-15,18H2,1-3H3,(H2,34,35,36);3-15,27H,1-2H3,(H2,26,28,29);2-3,7H,4-6H2,1H3,(H,10,11)/b13-8+;;3-2+. The van der Waals surface area contributed by atoms with E-state index in [0.29, 0.717) is 80.1 Å². The zero-order chi connectivity index (χ0) is 61.3. The number of aromatic nitrogens is 8. The van der Waals surface area contributed by atoms with Crippen molar-refractivity contribution in [1.29, 1.82) is 0 Å². The molecule has 0 atom stereocenters. The van der Waals surface area contributed by atoms with E-state index in [4.69, 9.17) is 26.0 Å². The predicted molar refractivity (Wildman–Crippen MR) is 340 cm³/mol. The van der Waals surface area contributed by atoms with Gasteiger partial charge in [-0.25, -0.2) is 43.5 Å². The lowest BCUT2D eigenvalue weighted by Gasteiger charge is -2.17. The van der Waals surface area contributed by atoms with Crippen molar-refractivity contribution < 1.29 is 24.2 Å². The number of nitrogens with two attached hydrogens (primary N) is 2. The van der Waals surface area contributed by atoms with Gasteiger partial charge in [-0.05, 0) is 162 Å². The zero-order valence-corrected chi connectivity index (χ0v) is 49.2. The molecule has 6 N–H and O–H groups in total. The molecule has 2 saturated carbocycles. The molecule has 2 aliphatic carbocycles. The number of aryl methyl sites for hydroxylation is 2. The molecule has 0 aliphatic heterocycles. The number of aliphatic carboxylic acids is 1. The van der Waals surface area contributed by atoms with Gasteiger partial charge in [0.05, 0.1) is 22.7 Å². The van der Waals surface area contributed by atoms with Crippen LogP contribution in [0.5, 0.6) is 23.0 Å². The number of benzene rings is 6. The van der Waals surface area contributed by atoms with E-state index in [9.17, 15) is 19.2 Å². The number of carboxylic acid groups (broad SMARTS) is 1. The van der Waals surface area contributed by atoms with Gasteiger partial charge >= 0.3 is 17.3 Å². The van der Waals surface area contributed by atoms with Crippen LogP contribution in [0, 0.1) is 13.8 Å². The number of nitrogen functional groups attached to an aromatic ring is 2. The molecule has 0 radical (unpaired) electrons. The number of rotatable bonds is 18. The van der Waals surface area contributed by atoms with Gasteiger partial charge in [0, 0.05) is 62.8 Å². The highest BCUT2D eigenvalue weighted by Gasteiger charge is 2.27. The first-order valence-corrected chi connectivity index (χ1v) is 28.4. The van der Waals surface area contributed by atoms with Crippen molar-refractivity contribution in [2.45, 2.75) is 51.6 Å². The van der Waals surface area contributed by atoms with Crippen LogP contribution >= 0.6 is 0 Å². The Morgan fingerprint density at radius 3 is 1.48 bits per heavy atom. The Bertz CT molecular complexity index is 4300. The van der Waals surface area contributed by atoms with Crippen LogP contribution in [0.15, 0.2) is 192 Å². The van der Waals surface area contributed by atoms with Gasteiger partial charge in [-0.3, -0.25) is 23.7 Å². The quantitative estimate of drug-likeness (QED) is 0.0583. The van der Waals surface area contributed by atoms with E-state index in [1.807, 2.05) is 161 Å². The van der Waals surface area contributed by atoms with E-state index in [1.54, 1.807) is 51.4 Å². The van der Waals surface area contributed by atoms with Crippen LogP contribution in [-0.2, 0) is 9.59 Å². The molecule has 10 aromatic rings. The van der Waals surface area contributed by atoms with Crippen LogP contribution in [0.3, 0.4) is 0 Å². The number of anilines is 4. The van der Waals surface area contributed by atoms with Crippen molar-refractivity contribution >= 4 is 57.2 Å². The third-order valence-corrected chi connectivity index (χ3v) is 14.9. The van der Waals surface area contributed by atoms with E-state index < -0.39 is 5.97 Å². The number of carbonyl (C=O) groups is 2. The molecule has 2 aliphatic rings. The second kappa shape index (κ2) is 26.5. The maximum Gasteiger partial charge on any atom is 0.339 e. The molecule has 0 saturated heterocycles. The molecule has 1 amide bonds. The third-order valence-electron chi connectivity index (χ3n) is 14.9. The molecule has 0 bridgehead atoms. The molecule has 4 heterocycles. The summed E-state index contributed by atoms with van der Waals surface area (Å²) < 4.78 is 18.0. The fraction of sp³-hybridized carbons (Fsp3) is 0.212. The van der Waals surface area contributed by atoms with Crippen molar-refractivity contribution in [2.75, 3.05) is 63.0 Å². The molecule has 444 valence electrons. The van der Waals surface area contributed by atoms with Crippen molar-refractivity contribution in [3.8, 4) is 45.7 Å². The lowest BCUT2D eigenvalue weighted by molar-refractivity contribution is -0.131. The van der Waals surface area contributed by atoms with Gasteiger partial charge in [0.15, 0.2) is 22.9 Å². The number of carboxylic acids is 1. The summed E-state index contributed by atoms with van der Waals surface area (Å²) in [7, 11) is 7.63. The van der Waals surface area contributed by atoms with Gasteiger partial charge in [0.25, 0.3) is 0 Å². The highest BCUT2D eigenvalue weighted by atomic mass is 16.5. The predicted octanol–water partition coefficient (Wildman–Crippen LogP) is 9.88. The third kappa shape index (κ3) is 13.8. The smallest absolute Gasteiger partial charge is 0.339 e. The Labute approximate surface area is 502 Å². The average molecular weight is 1170 g/mol. The first-order valence-electron chi connectivity index (χ1n) is 28.4.